The monoisotopic (exact) mass is 343 g/mol. The minimum atomic E-state index is -0.835. The van der Waals surface area contributed by atoms with E-state index in [0.29, 0.717) is 25.2 Å². The van der Waals surface area contributed by atoms with Crippen molar-refractivity contribution in [2.75, 3.05) is 0 Å². The molecule has 0 atom stereocenters. The van der Waals surface area contributed by atoms with Gasteiger partial charge < -0.3 is 15.6 Å². The maximum Gasteiger partial charge on any atom is 0.325 e. The molecule has 1 aliphatic heterocycles. The molecule has 2 aromatic rings. The molecule has 1 aliphatic rings. The summed E-state index contributed by atoms with van der Waals surface area (Å²) >= 11 is 0. The normalized spacial score (nSPS) is 16.4. The molecular weight excluding hydrogens is 322 g/mol. The molecule has 1 aromatic heterocycles. The molecule has 1 fully saturated rings. The van der Waals surface area contributed by atoms with Crippen LogP contribution in [0.2, 0.25) is 0 Å². The number of amides is 3. The summed E-state index contributed by atoms with van der Waals surface area (Å²) in [5, 5.41) is 6.70. The lowest BCUT2D eigenvalue weighted by molar-refractivity contribution is -0.132. The number of urea groups is 1. The van der Waals surface area contributed by atoms with Gasteiger partial charge >= 0.3 is 6.03 Å². The number of rotatable bonds is 6. The summed E-state index contributed by atoms with van der Waals surface area (Å²) in [6.45, 7) is 4.17. The van der Waals surface area contributed by atoms with Gasteiger partial charge in [-0.15, -0.1) is 0 Å². The molecule has 0 bridgehead atoms. The van der Waals surface area contributed by atoms with E-state index in [1.807, 2.05) is 38.1 Å². The molecule has 0 radical (unpaired) electrons. The number of hydrogen-bond acceptors (Lipinski definition) is 6. The lowest BCUT2D eigenvalue weighted by atomic mass is 9.93. The fourth-order valence-corrected chi connectivity index (χ4v) is 2.91. The Labute approximate surface area is 145 Å². The number of nitrogens with two attached hydrogens (primary N) is 1. The molecule has 2 heterocycles. The Hall–Kier alpha value is -2.74. The second kappa shape index (κ2) is 6.64. The lowest BCUT2D eigenvalue weighted by Gasteiger charge is -2.22. The van der Waals surface area contributed by atoms with E-state index in [1.165, 1.54) is 0 Å². The Kier molecular flexibility index (Phi) is 4.54. The van der Waals surface area contributed by atoms with E-state index in [9.17, 15) is 9.59 Å². The summed E-state index contributed by atoms with van der Waals surface area (Å²) in [6.07, 6.45) is 1.07. The second-order valence-electron chi connectivity index (χ2n) is 6.02. The number of nitrogens with one attached hydrogen (secondary N) is 1. The van der Waals surface area contributed by atoms with Gasteiger partial charge in [-0.2, -0.15) is 4.98 Å². The van der Waals surface area contributed by atoms with E-state index in [1.54, 1.807) is 0 Å². The van der Waals surface area contributed by atoms with E-state index in [4.69, 9.17) is 10.3 Å². The Bertz CT molecular complexity index is 780. The number of hydrogen-bond donors (Lipinski definition) is 2. The van der Waals surface area contributed by atoms with Crippen LogP contribution in [0.4, 0.5) is 4.79 Å². The lowest BCUT2D eigenvalue weighted by Crippen LogP contribution is -2.45. The molecule has 8 heteroatoms. The average molecular weight is 343 g/mol. The minimum Gasteiger partial charge on any atom is -0.337 e. The average Bonchev–Trinajstić information content (AvgIpc) is 3.20. The summed E-state index contributed by atoms with van der Waals surface area (Å²) in [5.74, 6) is 0.363. The van der Waals surface area contributed by atoms with Gasteiger partial charge in [-0.25, -0.2) is 4.79 Å². The Morgan fingerprint density at radius 2 is 1.88 bits per heavy atom. The zero-order valence-electron chi connectivity index (χ0n) is 14.3. The van der Waals surface area contributed by atoms with E-state index < -0.39 is 11.6 Å². The topological polar surface area (TPSA) is 114 Å². The molecule has 1 aromatic carbocycles. The van der Waals surface area contributed by atoms with Gasteiger partial charge in [-0.05, 0) is 18.4 Å². The van der Waals surface area contributed by atoms with Crippen molar-refractivity contribution in [3.63, 3.8) is 0 Å². The van der Waals surface area contributed by atoms with Crippen LogP contribution in [0.5, 0.6) is 0 Å². The SMILES string of the molecule is CCC1(CC)NC(=O)N(Cc2nc(-c3ccc(CN)cc3)no2)C1=O. The number of nitrogens with zero attached hydrogens (tertiary/aromatic N) is 3. The molecule has 0 aliphatic carbocycles. The predicted octanol–water partition coefficient (Wildman–Crippen LogP) is 1.81. The van der Waals surface area contributed by atoms with Crippen molar-refractivity contribution in [1.29, 1.82) is 0 Å². The highest BCUT2D eigenvalue weighted by Gasteiger charge is 2.49. The number of imide groups is 1. The first kappa shape index (κ1) is 17.1. The third-order valence-electron chi connectivity index (χ3n) is 4.66. The molecular formula is C17H21N5O3. The molecule has 0 unspecified atom stereocenters. The standard InChI is InChI=1S/C17H21N5O3/c1-3-17(4-2)15(23)22(16(24)20-17)10-13-19-14(21-25-13)12-7-5-11(9-18)6-8-12/h5-8H,3-4,9-10,18H2,1-2H3,(H,20,24). The van der Waals surface area contributed by atoms with Gasteiger partial charge in [0.15, 0.2) is 0 Å². The molecule has 132 valence electrons. The fourth-order valence-electron chi connectivity index (χ4n) is 2.91. The second-order valence-corrected chi connectivity index (χ2v) is 6.02. The predicted molar refractivity (Wildman–Crippen MR) is 90.0 cm³/mol. The minimum absolute atomic E-state index is 0.0414. The van der Waals surface area contributed by atoms with Crippen molar-refractivity contribution in [2.24, 2.45) is 5.73 Å². The Morgan fingerprint density at radius 1 is 1.20 bits per heavy atom. The highest BCUT2D eigenvalue weighted by atomic mass is 16.5. The number of aromatic nitrogens is 2. The van der Waals surface area contributed by atoms with Gasteiger partial charge in [-0.3, -0.25) is 9.69 Å². The number of carbonyl (C=O) groups is 2. The van der Waals surface area contributed by atoms with Crippen molar-refractivity contribution in [1.82, 2.24) is 20.4 Å². The zero-order chi connectivity index (χ0) is 18.0. The first-order valence-corrected chi connectivity index (χ1v) is 8.29. The third kappa shape index (κ3) is 3.00. The van der Waals surface area contributed by atoms with Gasteiger partial charge in [0.05, 0.1) is 0 Å². The van der Waals surface area contributed by atoms with Gasteiger partial charge in [0, 0.05) is 12.1 Å². The van der Waals surface area contributed by atoms with Crippen LogP contribution in [0, 0.1) is 0 Å². The maximum absolute atomic E-state index is 12.6. The van der Waals surface area contributed by atoms with Crippen molar-refractivity contribution in [2.45, 2.75) is 45.3 Å². The van der Waals surface area contributed by atoms with Crippen LogP contribution in [0.25, 0.3) is 11.4 Å². The summed E-state index contributed by atoms with van der Waals surface area (Å²) < 4.78 is 5.21. The molecule has 3 amide bonds. The Morgan fingerprint density at radius 3 is 2.44 bits per heavy atom. The molecule has 25 heavy (non-hydrogen) atoms. The molecule has 8 nitrogen and oxygen atoms in total. The number of benzene rings is 1. The van der Waals surface area contributed by atoms with E-state index in [2.05, 4.69) is 15.5 Å². The Balaban J connectivity index is 1.77. The smallest absolute Gasteiger partial charge is 0.325 e. The molecule has 3 N–H and O–H groups in total. The summed E-state index contributed by atoms with van der Waals surface area (Å²) in [4.78, 5) is 30.2. The summed E-state index contributed by atoms with van der Waals surface area (Å²) in [7, 11) is 0. The molecule has 1 saturated heterocycles. The highest BCUT2D eigenvalue weighted by Crippen LogP contribution is 2.26. The van der Waals surface area contributed by atoms with Gasteiger partial charge in [0.2, 0.25) is 11.7 Å². The third-order valence-corrected chi connectivity index (χ3v) is 4.66. The van der Waals surface area contributed by atoms with E-state index in [0.717, 1.165) is 16.0 Å². The molecule has 0 spiro atoms. The van der Waals surface area contributed by atoms with E-state index in [-0.39, 0.29) is 18.3 Å². The molecule has 0 saturated carbocycles. The van der Waals surface area contributed by atoms with Crippen LogP contribution >= 0.6 is 0 Å². The van der Waals surface area contributed by atoms with Gasteiger partial charge in [-0.1, -0.05) is 43.3 Å². The first-order chi connectivity index (χ1) is 12.0. The number of carbonyl (C=O) groups excluding carboxylic acids is 2. The van der Waals surface area contributed by atoms with Crippen LogP contribution in [0.1, 0.15) is 38.1 Å². The van der Waals surface area contributed by atoms with Crippen LogP contribution in [-0.4, -0.2) is 32.5 Å². The van der Waals surface area contributed by atoms with Gasteiger partial charge in [0.1, 0.15) is 12.1 Å². The summed E-state index contributed by atoms with van der Waals surface area (Å²) in [6, 6.07) is 7.05. The van der Waals surface area contributed by atoms with Crippen molar-refractivity contribution >= 4 is 11.9 Å². The first-order valence-electron chi connectivity index (χ1n) is 8.29. The van der Waals surface area contributed by atoms with Crippen LogP contribution in [0.3, 0.4) is 0 Å². The van der Waals surface area contributed by atoms with Crippen molar-refractivity contribution in [3.8, 4) is 11.4 Å². The highest BCUT2D eigenvalue weighted by molar-refractivity contribution is 6.06. The van der Waals surface area contributed by atoms with E-state index >= 15 is 0 Å². The zero-order valence-corrected chi connectivity index (χ0v) is 14.3. The van der Waals surface area contributed by atoms with Gasteiger partial charge in [0.25, 0.3) is 5.91 Å². The van der Waals surface area contributed by atoms with Crippen LogP contribution < -0.4 is 11.1 Å². The van der Waals surface area contributed by atoms with Crippen molar-refractivity contribution < 1.29 is 14.1 Å². The quantitative estimate of drug-likeness (QED) is 0.773. The van der Waals surface area contributed by atoms with Crippen LogP contribution in [0.15, 0.2) is 28.8 Å². The largest absolute Gasteiger partial charge is 0.337 e. The summed E-state index contributed by atoms with van der Waals surface area (Å²) in [5.41, 5.74) is 6.53. The van der Waals surface area contributed by atoms with Crippen LogP contribution in [-0.2, 0) is 17.9 Å². The maximum atomic E-state index is 12.6. The molecule has 3 rings (SSSR count). The van der Waals surface area contributed by atoms with Crippen molar-refractivity contribution in [3.05, 3.63) is 35.7 Å². The fraction of sp³-hybridized carbons (Fsp3) is 0.412.